The molecule has 10 heteroatoms. The number of hydrogen-bond donors (Lipinski definition) is 1. The first-order valence-corrected chi connectivity index (χ1v) is 10.9. The van der Waals surface area contributed by atoms with Crippen LogP contribution in [0.4, 0.5) is 4.79 Å². The molecule has 5 rings (SSSR count). The van der Waals surface area contributed by atoms with Gasteiger partial charge < -0.3 is 15.0 Å². The SMILES string of the molecule is Cc1ccccc1S(=O)(=O)n1ccc2c3c(cnc21)ncn3C1CC(OC(N)=O)C1. The Kier molecular flexibility index (Phi) is 4.07. The van der Waals surface area contributed by atoms with Gasteiger partial charge in [-0.1, -0.05) is 18.2 Å². The first-order chi connectivity index (χ1) is 14.4. The van der Waals surface area contributed by atoms with Crippen molar-refractivity contribution < 1.29 is 17.9 Å². The van der Waals surface area contributed by atoms with Gasteiger partial charge in [0.05, 0.1) is 22.9 Å². The van der Waals surface area contributed by atoms with E-state index in [0.717, 1.165) is 5.52 Å². The number of hydrogen-bond acceptors (Lipinski definition) is 6. The fourth-order valence-electron chi connectivity index (χ4n) is 4.03. The molecule has 0 aliphatic heterocycles. The van der Waals surface area contributed by atoms with Crippen molar-refractivity contribution in [3.8, 4) is 0 Å². The highest BCUT2D eigenvalue weighted by Gasteiger charge is 2.34. The van der Waals surface area contributed by atoms with Crippen LogP contribution in [0.3, 0.4) is 0 Å². The van der Waals surface area contributed by atoms with Crippen molar-refractivity contribution in [1.82, 2.24) is 18.5 Å². The second kappa shape index (κ2) is 6.56. The van der Waals surface area contributed by atoms with Crippen molar-refractivity contribution in [2.45, 2.75) is 36.8 Å². The number of primary amides is 1. The van der Waals surface area contributed by atoms with E-state index in [1.807, 2.05) is 4.57 Å². The van der Waals surface area contributed by atoms with Crippen molar-refractivity contribution in [2.24, 2.45) is 5.73 Å². The quantitative estimate of drug-likeness (QED) is 0.536. The smallest absolute Gasteiger partial charge is 0.404 e. The topological polar surface area (TPSA) is 122 Å². The van der Waals surface area contributed by atoms with E-state index >= 15 is 0 Å². The number of fused-ring (bicyclic) bond motifs is 3. The summed E-state index contributed by atoms with van der Waals surface area (Å²) in [5.74, 6) is 0. The first-order valence-electron chi connectivity index (χ1n) is 9.46. The van der Waals surface area contributed by atoms with Gasteiger partial charge in [0.2, 0.25) is 0 Å². The van der Waals surface area contributed by atoms with Crippen LogP contribution in [0.1, 0.15) is 24.4 Å². The lowest BCUT2D eigenvalue weighted by Gasteiger charge is -2.35. The molecule has 1 saturated carbocycles. The van der Waals surface area contributed by atoms with Gasteiger partial charge in [-0.2, -0.15) is 0 Å². The largest absolute Gasteiger partial charge is 0.446 e. The van der Waals surface area contributed by atoms with Crippen LogP contribution in [-0.2, 0) is 14.8 Å². The second-order valence-electron chi connectivity index (χ2n) is 7.45. The Bertz CT molecular complexity index is 1400. The van der Waals surface area contributed by atoms with E-state index in [-0.39, 0.29) is 17.0 Å². The molecule has 9 nitrogen and oxygen atoms in total. The zero-order valence-electron chi connectivity index (χ0n) is 16.1. The number of imidazole rings is 1. The Morgan fingerprint density at radius 3 is 2.70 bits per heavy atom. The molecular formula is C20H19N5O4S. The van der Waals surface area contributed by atoms with E-state index in [2.05, 4.69) is 9.97 Å². The average molecular weight is 425 g/mol. The van der Waals surface area contributed by atoms with Gasteiger partial charge in [-0.25, -0.2) is 27.2 Å². The molecule has 154 valence electrons. The van der Waals surface area contributed by atoms with Crippen LogP contribution in [0.25, 0.3) is 22.1 Å². The third-order valence-electron chi connectivity index (χ3n) is 5.59. The van der Waals surface area contributed by atoms with Crippen LogP contribution < -0.4 is 5.73 Å². The lowest BCUT2D eigenvalue weighted by molar-refractivity contribution is 0.0281. The van der Waals surface area contributed by atoms with Crippen molar-refractivity contribution in [3.63, 3.8) is 0 Å². The summed E-state index contributed by atoms with van der Waals surface area (Å²) < 4.78 is 34.8. The van der Waals surface area contributed by atoms with Crippen LogP contribution >= 0.6 is 0 Å². The number of nitrogens with zero attached hydrogens (tertiary/aromatic N) is 4. The molecule has 0 radical (unpaired) electrons. The summed E-state index contributed by atoms with van der Waals surface area (Å²) in [6.45, 7) is 1.76. The predicted molar refractivity (Wildman–Crippen MR) is 110 cm³/mol. The third kappa shape index (κ3) is 2.75. The number of rotatable bonds is 4. The normalized spacial score (nSPS) is 19.1. The fourth-order valence-corrected chi connectivity index (χ4v) is 5.57. The summed E-state index contributed by atoms with van der Waals surface area (Å²) >= 11 is 0. The van der Waals surface area contributed by atoms with Crippen LogP contribution in [0, 0.1) is 6.92 Å². The molecule has 0 unspecified atom stereocenters. The Balaban J connectivity index is 1.60. The number of ether oxygens (including phenoxy) is 1. The summed E-state index contributed by atoms with van der Waals surface area (Å²) in [5.41, 5.74) is 7.58. The van der Waals surface area contributed by atoms with Crippen molar-refractivity contribution >= 4 is 38.2 Å². The Labute approximate surface area is 172 Å². The summed E-state index contributed by atoms with van der Waals surface area (Å²) in [6.07, 6.45) is 5.07. The fraction of sp³-hybridized carbons (Fsp3) is 0.250. The van der Waals surface area contributed by atoms with Crippen LogP contribution in [-0.4, -0.2) is 39.1 Å². The lowest BCUT2D eigenvalue weighted by atomic mass is 9.89. The zero-order valence-corrected chi connectivity index (χ0v) is 16.9. The molecule has 2 N–H and O–H groups in total. The molecule has 1 fully saturated rings. The minimum absolute atomic E-state index is 0.0845. The predicted octanol–water partition coefficient (Wildman–Crippen LogP) is 2.73. The number of pyridine rings is 1. The van der Waals surface area contributed by atoms with Gasteiger partial charge in [0.15, 0.2) is 5.65 Å². The molecule has 1 aromatic carbocycles. The van der Waals surface area contributed by atoms with Crippen LogP contribution in [0.2, 0.25) is 0 Å². The van der Waals surface area contributed by atoms with Crippen molar-refractivity contribution in [1.29, 1.82) is 0 Å². The maximum absolute atomic E-state index is 13.3. The number of aryl methyl sites for hydroxylation is 1. The maximum Gasteiger partial charge on any atom is 0.404 e. The van der Waals surface area contributed by atoms with Crippen molar-refractivity contribution in [2.75, 3.05) is 0 Å². The van der Waals surface area contributed by atoms with E-state index in [1.165, 1.54) is 10.2 Å². The summed E-state index contributed by atoms with van der Waals surface area (Å²) in [4.78, 5) is 20.0. The summed E-state index contributed by atoms with van der Waals surface area (Å²) in [5, 5.41) is 0.696. The molecule has 0 saturated heterocycles. The van der Waals surface area contributed by atoms with Gasteiger partial charge in [-0.15, -0.1) is 0 Å². The van der Waals surface area contributed by atoms with Crippen LogP contribution in [0.5, 0.6) is 0 Å². The minimum atomic E-state index is -3.80. The van der Waals surface area contributed by atoms with E-state index in [0.29, 0.717) is 35.0 Å². The molecule has 3 aromatic heterocycles. The number of carbonyl (C=O) groups is 1. The number of aromatic nitrogens is 4. The van der Waals surface area contributed by atoms with E-state index < -0.39 is 16.1 Å². The second-order valence-corrected chi connectivity index (χ2v) is 9.23. The number of carbonyl (C=O) groups excluding carboxylic acids is 1. The number of benzene rings is 1. The number of amides is 1. The molecule has 0 bridgehead atoms. The molecule has 1 aliphatic rings. The Hall–Kier alpha value is -3.40. The molecule has 3 heterocycles. The molecular weight excluding hydrogens is 406 g/mol. The summed E-state index contributed by atoms with van der Waals surface area (Å²) in [6, 6.07) is 8.69. The molecule has 4 aromatic rings. The maximum atomic E-state index is 13.3. The number of nitrogens with two attached hydrogens (primary N) is 1. The average Bonchev–Trinajstić information content (AvgIpc) is 3.28. The van der Waals surface area contributed by atoms with Crippen molar-refractivity contribution in [3.05, 3.63) is 54.6 Å². The van der Waals surface area contributed by atoms with E-state index in [9.17, 15) is 13.2 Å². The van der Waals surface area contributed by atoms with Gasteiger partial charge in [-0.05, 0) is 24.6 Å². The highest BCUT2D eigenvalue weighted by molar-refractivity contribution is 7.90. The molecule has 0 atom stereocenters. The zero-order chi connectivity index (χ0) is 21.0. The van der Waals surface area contributed by atoms with E-state index in [1.54, 1.807) is 49.8 Å². The lowest BCUT2D eigenvalue weighted by Crippen LogP contribution is -2.36. The molecule has 1 aliphatic carbocycles. The highest BCUT2D eigenvalue weighted by atomic mass is 32.2. The summed E-state index contributed by atoms with van der Waals surface area (Å²) in [7, 11) is -3.80. The first kappa shape index (κ1) is 18.6. The Morgan fingerprint density at radius 1 is 1.20 bits per heavy atom. The van der Waals surface area contributed by atoms with Gasteiger partial charge in [0.25, 0.3) is 10.0 Å². The minimum Gasteiger partial charge on any atom is -0.446 e. The molecule has 30 heavy (non-hydrogen) atoms. The van der Waals surface area contributed by atoms with Gasteiger partial charge in [-0.3, -0.25) is 0 Å². The van der Waals surface area contributed by atoms with Gasteiger partial charge in [0, 0.05) is 30.5 Å². The monoisotopic (exact) mass is 425 g/mol. The molecule has 1 amide bonds. The standard InChI is InChI=1S/C20H19N5O4S/c1-12-4-2-3-5-17(12)30(27,28)25-7-6-15-18-16(10-22-19(15)25)23-11-24(18)13-8-14(9-13)29-20(21)26/h2-7,10-11,13-14H,8-9H2,1H3,(H2,21,26). The third-order valence-corrected chi connectivity index (χ3v) is 7.42. The Morgan fingerprint density at radius 2 is 1.97 bits per heavy atom. The van der Waals surface area contributed by atoms with Crippen LogP contribution in [0.15, 0.2) is 53.9 Å². The van der Waals surface area contributed by atoms with Gasteiger partial charge in [0.1, 0.15) is 11.6 Å². The highest BCUT2D eigenvalue weighted by Crippen LogP contribution is 2.38. The van der Waals surface area contributed by atoms with Gasteiger partial charge >= 0.3 is 6.09 Å². The molecule has 0 spiro atoms. The van der Waals surface area contributed by atoms with E-state index in [4.69, 9.17) is 10.5 Å².